The van der Waals surface area contributed by atoms with E-state index in [1.165, 1.54) is 0 Å². The lowest BCUT2D eigenvalue weighted by Crippen LogP contribution is -2.21. The molecule has 0 fully saturated rings. The van der Waals surface area contributed by atoms with Crippen LogP contribution in [0.3, 0.4) is 0 Å². The maximum atomic E-state index is 10.8. The molecule has 2 aromatic rings. The summed E-state index contributed by atoms with van der Waals surface area (Å²) in [6.07, 6.45) is 3.41. The summed E-state index contributed by atoms with van der Waals surface area (Å²) in [7, 11) is 2.03. The summed E-state index contributed by atoms with van der Waals surface area (Å²) in [5, 5.41) is 8.85. The van der Waals surface area contributed by atoms with Gasteiger partial charge in [0.2, 0.25) is 0 Å². The van der Waals surface area contributed by atoms with Gasteiger partial charge in [-0.1, -0.05) is 12.1 Å². The van der Waals surface area contributed by atoms with Gasteiger partial charge in [-0.2, -0.15) is 0 Å². The molecule has 0 radical (unpaired) electrons. The second kappa shape index (κ2) is 5.71. The summed E-state index contributed by atoms with van der Waals surface area (Å²) in [4.78, 5) is 13.0. The molecular weight excluding hydrogens is 242 g/mol. The molecule has 19 heavy (non-hydrogen) atoms. The number of aromatic carboxylic acids is 1. The van der Waals surface area contributed by atoms with E-state index in [4.69, 9.17) is 9.52 Å². The van der Waals surface area contributed by atoms with E-state index in [1.807, 2.05) is 25.2 Å². The highest BCUT2D eigenvalue weighted by molar-refractivity contribution is 5.87. The Hall–Kier alpha value is -2.07. The lowest BCUT2D eigenvalue weighted by molar-refractivity contribution is 0.0697. The van der Waals surface area contributed by atoms with Crippen molar-refractivity contribution in [1.82, 2.24) is 4.90 Å². The van der Waals surface area contributed by atoms with Gasteiger partial charge in [0.05, 0.1) is 18.1 Å². The third-order valence-corrected chi connectivity index (χ3v) is 3.32. The fourth-order valence-corrected chi connectivity index (χ4v) is 1.94. The molecule has 0 saturated carbocycles. The van der Waals surface area contributed by atoms with E-state index in [9.17, 15) is 4.79 Å². The monoisotopic (exact) mass is 259 g/mol. The van der Waals surface area contributed by atoms with Crippen molar-refractivity contribution in [3.8, 4) is 0 Å². The third kappa shape index (κ3) is 3.23. The molecule has 1 unspecified atom stereocenters. The van der Waals surface area contributed by atoms with E-state index >= 15 is 0 Å². The Labute approximate surface area is 112 Å². The Morgan fingerprint density at radius 1 is 1.32 bits per heavy atom. The molecule has 4 heteroatoms. The van der Waals surface area contributed by atoms with E-state index in [-0.39, 0.29) is 6.04 Å². The van der Waals surface area contributed by atoms with Crippen LogP contribution in [0.25, 0.3) is 0 Å². The minimum absolute atomic E-state index is 0.248. The summed E-state index contributed by atoms with van der Waals surface area (Å²) in [6, 6.07) is 9.17. The van der Waals surface area contributed by atoms with Crippen LogP contribution in [0.2, 0.25) is 0 Å². The van der Waals surface area contributed by atoms with Crippen molar-refractivity contribution in [3.63, 3.8) is 0 Å². The molecule has 0 saturated heterocycles. The van der Waals surface area contributed by atoms with Crippen molar-refractivity contribution < 1.29 is 14.3 Å². The molecule has 1 aromatic carbocycles. The van der Waals surface area contributed by atoms with Gasteiger partial charge in [-0.25, -0.2) is 4.79 Å². The van der Waals surface area contributed by atoms with Crippen LogP contribution in [0.4, 0.5) is 0 Å². The molecule has 1 heterocycles. The van der Waals surface area contributed by atoms with Gasteiger partial charge in [0.25, 0.3) is 0 Å². The van der Waals surface area contributed by atoms with E-state index in [0.717, 1.165) is 17.7 Å². The maximum absolute atomic E-state index is 10.8. The summed E-state index contributed by atoms with van der Waals surface area (Å²) < 4.78 is 5.09. The fourth-order valence-electron chi connectivity index (χ4n) is 1.94. The van der Waals surface area contributed by atoms with Crippen molar-refractivity contribution in [2.24, 2.45) is 0 Å². The standard InChI is InChI=1S/C15H17NO3/c1-11(14-7-8-19-10-14)16(2)9-12-3-5-13(6-4-12)15(17)18/h3-8,10-11H,9H2,1-2H3,(H,17,18). The van der Waals surface area contributed by atoms with Crippen LogP contribution in [0, 0.1) is 0 Å². The lowest BCUT2D eigenvalue weighted by Gasteiger charge is -2.23. The summed E-state index contributed by atoms with van der Waals surface area (Å²) in [5.41, 5.74) is 2.53. The minimum Gasteiger partial charge on any atom is -0.478 e. The van der Waals surface area contributed by atoms with E-state index < -0.39 is 5.97 Å². The number of hydrogen-bond donors (Lipinski definition) is 1. The highest BCUT2D eigenvalue weighted by atomic mass is 16.4. The topological polar surface area (TPSA) is 53.7 Å². The van der Waals surface area contributed by atoms with Gasteiger partial charge in [-0.15, -0.1) is 0 Å². The first-order valence-corrected chi connectivity index (χ1v) is 6.12. The average Bonchev–Trinajstić information content (AvgIpc) is 2.92. The van der Waals surface area contributed by atoms with Crippen LogP contribution >= 0.6 is 0 Å². The van der Waals surface area contributed by atoms with Crippen molar-refractivity contribution in [2.45, 2.75) is 19.5 Å². The number of rotatable bonds is 5. The number of carboxylic acid groups (broad SMARTS) is 1. The van der Waals surface area contributed by atoms with E-state index in [0.29, 0.717) is 5.56 Å². The van der Waals surface area contributed by atoms with Gasteiger partial charge >= 0.3 is 5.97 Å². The zero-order valence-corrected chi connectivity index (χ0v) is 11.0. The van der Waals surface area contributed by atoms with Gasteiger partial charge < -0.3 is 9.52 Å². The van der Waals surface area contributed by atoms with Crippen molar-refractivity contribution in [1.29, 1.82) is 0 Å². The van der Waals surface area contributed by atoms with Crippen LogP contribution in [0.15, 0.2) is 47.3 Å². The summed E-state index contributed by atoms with van der Waals surface area (Å²) in [5.74, 6) is -0.897. The van der Waals surface area contributed by atoms with Gasteiger partial charge in [-0.05, 0) is 37.7 Å². The van der Waals surface area contributed by atoms with Crippen LogP contribution in [-0.4, -0.2) is 23.0 Å². The molecule has 0 aliphatic carbocycles. The summed E-state index contributed by atoms with van der Waals surface area (Å²) in [6.45, 7) is 2.86. The van der Waals surface area contributed by atoms with Gasteiger partial charge in [-0.3, -0.25) is 4.90 Å². The zero-order valence-electron chi connectivity index (χ0n) is 11.0. The van der Waals surface area contributed by atoms with Gasteiger partial charge in [0.1, 0.15) is 0 Å². The molecule has 0 aliphatic rings. The number of nitrogens with zero attached hydrogens (tertiary/aromatic N) is 1. The van der Waals surface area contributed by atoms with E-state index in [1.54, 1.807) is 24.7 Å². The third-order valence-electron chi connectivity index (χ3n) is 3.32. The normalized spacial score (nSPS) is 12.6. The van der Waals surface area contributed by atoms with E-state index in [2.05, 4.69) is 11.8 Å². The highest BCUT2D eigenvalue weighted by Crippen LogP contribution is 2.21. The van der Waals surface area contributed by atoms with Crippen LogP contribution in [0.1, 0.15) is 34.5 Å². The van der Waals surface area contributed by atoms with Crippen molar-refractivity contribution >= 4 is 5.97 Å². The van der Waals surface area contributed by atoms with Crippen molar-refractivity contribution in [2.75, 3.05) is 7.05 Å². The average molecular weight is 259 g/mol. The van der Waals surface area contributed by atoms with Gasteiger partial charge in [0, 0.05) is 18.2 Å². The minimum atomic E-state index is -0.897. The second-order valence-electron chi connectivity index (χ2n) is 4.65. The molecule has 100 valence electrons. The molecule has 1 aromatic heterocycles. The van der Waals surface area contributed by atoms with Gasteiger partial charge in [0.15, 0.2) is 0 Å². The van der Waals surface area contributed by atoms with Crippen molar-refractivity contribution in [3.05, 3.63) is 59.5 Å². The Balaban J connectivity index is 2.02. The van der Waals surface area contributed by atoms with Crippen LogP contribution in [-0.2, 0) is 6.54 Å². The Kier molecular flexibility index (Phi) is 4.02. The largest absolute Gasteiger partial charge is 0.478 e. The first-order chi connectivity index (χ1) is 9.08. The zero-order chi connectivity index (χ0) is 13.8. The maximum Gasteiger partial charge on any atom is 0.335 e. The number of hydrogen-bond acceptors (Lipinski definition) is 3. The number of carbonyl (C=O) groups is 1. The predicted molar refractivity (Wildman–Crippen MR) is 72.0 cm³/mol. The molecule has 1 N–H and O–H groups in total. The molecular formula is C15H17NO3. The first-order valence-electron chi connectivity index (χ1n) is 6.12. The number of carboxylic acids is 1. The Morgan fingerprint density at radius 3 is 2.53 bits per heavy atom. The first kappa shape index (κ1) is 13.4. The van der Waals surface area contributed by atoms with Crippen LogP contribution < -0.4 is 0 Å². The Morgan fingerprint density at radius 2 is 2.00 bits per heavy atom. The molecule has 0 amide bonds. The molecule has 0 bridgehead atoms. The second-order valence-corrected chi connectivity index (χ2v) is 4.65. The molecule has 4 nitrogen and oxygen atoms in total. The Bertz CT molecular complexity index is 531. The smallest absolute Gasteiger partial charge is 0.335 e. The molecule has 0 spiro atoms. The molecule has 0 aliphatic heterocycles. The quantitative estimate of drug-likeness (QED) is 0.896. The highest BCUT2D eigenvalue weighted by Gasteiger charge is 2.13. The fraction of sp³-hybridized carbons (Fsp3) is 0.267. The number of furan rings is 1. The predicted octanol–water partition coefficient (Wildman–Crippen LogP) is 3.17. The number of benzene rings is 1. The molecule has 2 rings (SSSR count). The lowest BCUT2D eigenvalue weighted by atomic mass is 10.1. The molecule has 1 atom stereocenters. The SMILES string of the molecule is CC(c1ccoc1)N(C)Cc1ccc(C(=O)O)cc1. The van der Waals surface area contributed by atoms with Crippen LogP contribution in [0.5, 0.6) is 0 Å². The summed E-state index contributed by atoms with van der Waals surface area (Å²) >= 11 is 0.